The molecule has 0 spiro atoms. The molecule has 35 heavy (non-hydrogen) atoms. The van der Waals surface area contributed by atoms with E-state index in [2.05, 4.69) is 10.6 Å². The summed E-state index contributed by atoms with van der Waals surface area (Å²) in [4.78, 5) is 92.1. The van der Waals surface area contributed by atoms with Gasteiger partial charge >= 0.3 is 23.9 Å². The van der Waals surface area contributed by atoms with Gasteiger partial charge in [0.05, 0.1) is 18.9 Å². The van der Waals surface area contributed by atoms with Crippen LogP contribution in [-0.4, -0.2) is 92.1 Å². The Hall–Kier alpha value is -4.28. The summed E-state index contributed by atoms with van der Waals surface area (Å²) >= 11 is 0. The second-order valence-corrected chi connectivity index (χ2v) is 7.26. The van der Waals surface area contributed by atoms with Crippen molar-refractivity contribution >= 4 is 47.5 Å². The molecule has 0 rings (SSSR count). The fourth-order valence-corrected chi connectivity index (χ4v) is 2.58. The minimum atomic E-state index is -1.90. The van der Waals surface area contributed by atoms with Gasteiger partial charge in [0.1, 0.15) is 18.1 Å². The summed E-state index contributed by atoms with van der Waals surface area (Å²) in [6.45, 7) is 0. The highest BCUT2D eigenvalue weighted by Gasteiger charge is 2.31. The molecule has 0 aromatic rings. The van der Waals surface area contributed by atoms with Crippen molar-refractivity contribution in [2.75, 3.05) is 0 Å². The Morgan fingerprint density at radius 1 is 0.600 bits per heavy atom. The van der Waals surface area contributed by atoms with E-state index in [9.17, 15) is 38.4 Å². The Morgan fingerprint density at radius 3 is 1.34 bits per heavy atom. The molecule has 0 bridgehead atoms. The van der Waals surface area contributed by atoms with E-state index in [-0.39, 0.29) is 0 Å². The summed E-state index contributed by atoms with van der Waals surface area (Å²) in [6, 6.07) is -6.69. The smallest absolute Gasteiger partial charge is 0.326 e. The highest BCUT2D eigenvalue weighted by molar-refractivity contribution is 5.95. The third-order valence-corrected chi connectivity index (χ3v) is 4.31. The van der Waals surface area contributed by atoms with Gasteiger partial charge in [-0.25, -0.2) is 4.79 Å². The highest BCUT2D eigenvalue weighted by Crippen LogP contribution is 2.05. The molecule has 0 aliphatic heterocycles. The normalized spacial score (nSPS) is 13.9. The number of carbonyl (C=O) groups is 8. The molecule has 4 unspecified atom stereocenters. The van der Waals surface area contributed by atoms with Crippen LogP contribution in [0.15, 0.2) is 0 Å². The number of amides is 4. The van der Waals surface area contributed by atoms with E-state index in [4.69, 9.17) is 31.9 Å². The quantitative estimate of drug-likeness (QED) is 0.0909. The number of aliphatic carboxylic acids is 4. The Bertz CT molecular complexity index is 861. The van der Waals surface area contributed by atoms with Crippen LogP contribution in [0.5, 0.6) is 0 Å². The zero-order chi connectivity index (χ0) is 27.3. The summed E-state index contributed by atoms with van der Waals surface area (Å²) in [7, 11) is 0. The van der Waals surface area contributed by atoms with Gasteiger partial charge in [-0.15, -0.1) is 0 Å². The first-order chi connectivity index (χ1) is 16.1. The molecule has 4 atom stereocenters. The first kappa shape index (κ1) is 30.7. The molecular weight excluding hydrogens is 478 g/mol. The van der Waals surface area contributed by atoms with Crippen LogP contribution >= 0.6 is 0 Å². The topological polar surface area (TPSA) is 306 Å². The second-order valence-electron chi connectivity index (χ2n) is 7.26. The Labute approximate surface area is 197 Å². The van der Waals surface area contributed by atoms with Gasteiger partial charge < -0.3 is 47.8 Å². The zero-order valence-electron chi connectivity index (χ0n) is 18.3. The lowest BCUT2D eigenvalue weighted by Gasteiger charge is -2.24. The van der Waals surface area contributed by atoms with Gasteiger partial charge in [-0.2, -0.15) is 0 Å². The molecule has 0 saturated carbocycles. The molecule has 0 aliphatic rings. The Morgan fingerprint density at radius 2 is 1.00 bits per heavy atom. The van der Waals surface area contributed by atoms with Crippen molar-refractivity contribution in [3.8, 4) is 0 Å². The van der Waals surface area contributed by atoms with E-state index < -0.39 is 110 Å². The molecule has 0 radical (unpaired) electrons. The first-order valence-corrected chi connectivity index (χ1v) is 9.97. The maximum atomic E-state index is 12.7. The van der Waals surface area contributed by atoms with E-state index in [1.165, 1.54) is 0 Å². The molecule has 0 aliphatic carbocycles. The van der Waals surface area contributed by atoms with Crippen LogP contribution in [0.2, 0.25) is 0 Å². The number of rotatable bonds is 17. The summed E-state index contributed by atoms with van der Waals surface area (Å²) in [5.41, 5.74) is 10.4. The molecule has 11 N–H and O–H groups in total. The van der Waals surface area contributed by atoms with Gasteiger partial charge in [0, 0.05) is 12.8 Å². The van der Waals surface area contributed by atoms with E-state index in [1.807, 2.05) is 5.32 Å². The molecule has 0 heterocycles. The van der Waals surface area contributed by atoms with Gasteiger partial charge in [-0.1, -0.05) is 0 Å². The second kappa shape index (κ2) is 14.8. The lowest BCUT2D eigenvalue weighted by atomic mass is 10.1. The minimum Gasteiger partial charge on any atom is -0.481 e. The van der Waals surface area contributed by atoms with Gasteiger partial charge in [0.2, 0.25) is 23.6 Å². The number of nitrogens with one attached hydrogen (secondary N) is 3. The van der Waals surface area contributed by atoms with E-state index >= 15 is 0 Å². The van der Waals surface area contributed by atoms with Crippen molar-refractivity contribution in [2.24, 2.45) is 11.5 Å². The minimum absolute atomic E-state index is 0.500. The molecule has 196 valence electrons. The van der Waals surface area contributed by atoms with Gasteiger partial charge in [0.15, 0.2) is 0 Å². The van der Waals surface area contributed by atoms with Crippen LogP contribution in [0.1, 0.15) is 38.5 Å². The molecule has 0 fully saturated rings. The van der Waals surface area contributed by atoms with Crippen molar-refractivity contribution in [1.29, 1.82) is 0 Å². The lowest BCUT2D eigenvalue weighted by molar-refractivity contribution is -0.147. The largest absolute Gasteiger partial charge is 0.481 e. The summed E-state index contributed by atoms with van der Waals surface area (Å²) in [5.74, 6) is -10.4. The van der Waals surface area contributed by atoms with Gasteiger partial charge in [0.25, 0.3) is 0 Å². The first-order valence-electron chi connectivity index (χ1n) is 9.97. The van der Waals surface area contributed by atoms with Gasteiger partial charge in [-0.05, 0) is 12.8 Å². The average molecular weight is 505 g/mol. The number of carboxylic acid groups (broad SMARTS) is 4. The summed E-state index contributed by atoms with van der Waals surface area (Å²) in [6.07, 6.45) is -3.98. The number of nitrogens with two attached hydrogens (primary N) is 2. The monoisotopic (exact) mass is 505 g/mol. The van der Waals surface area contributed by atoms with Crippen molar-refractivity contribution in [1.82, 2.24) is 16.0 Å². The van der Waals surface area contributed by atoms with Crippen LogP contribution in [0.3, 0.4) is 0 Å². The van der Waals surface area contributed by atoms with Crippen LogP contribution in [-0.2, 0) is 38.4 Å². The Kier molecular flexibility index (Phi) is 13.0. The molecule has 4 amide bonds. The highest BCUT2D eigenvalue weighted by atomic mass is 16.4. The fourth-order valence-electron chi connectivity index (χ4n) is 2.58. The Balaban J connectivity index is 5.67. The molecule has 0 aromatic carbocycles. The SMILES string of the molecule is NC(=O)CC(N)C(=O)NC(CCC(=O)O)C(=O)NC(CCC(=O)O)C(=O)NC(CC(=O)O)C(=O)O. The number of primary amides is 1. The standard InChI is InChI=1S/C18H27N5O12/c19-7(5-11(20)24)15(31)21-8(1-3-12(25)26)16(32)22-9(2-4-13(27)28)17(33)23-10(18(34)35)6-14(29)30/h7-10H,1-6,19H2,(H2,20,24)(H,21,31)(H,22,32)(H,23,33)(H,25,26)(H,27,28)(H,29,30)(H,34,35). The molecule has 17 nitrogen and oxygen atoms in total. The third-order valence-electron chi connectivity index (χ3n) is 4.31. The number of hydrogen-bond acceptors (Lipinski definition) is 9. The van der Waals surface area contributed by atoms with Crippen LogP contribution in [0.25, 0.3) is 0 Å². The maximum Gasteiger partial charge on any atom is 0.326 e. The van der Waals surface area contributed by atoms with E-state index in [1.54, 1.807) is 0 Å². The van der Waals surface area contributed by atoms with E-state index in [0.717, 1.165) is 0 Å². The number of hydrogen-bond donors (Lipinski definition) is 9. The van der Waals surface area contributed by atoms with E-state index in [0.29, 0.717) is 0 Å². The van der Waals surface area contributed by atoms with Crippen molar-refractivity contribution < 1.29 is 58.8 Å². The van der Waals surface area contributed by atoms with Crippen LogP contribution < -0.4 is 27.4 Å². The van der Waals surface area contributed by atoms with Crippen molar-refractivity contribution in [2.45, 2.75) is 62.7 Å². The maximum absolute atomic E-state index is 12.7. The number of carboxylic acids is 4. The van der Waals surface area contributed by atoms with Gasteiger partial charge in [-0.3, -0.25) is 33.6 Å². The number of carbonyl (C=O) groups excluding carboxylic acids is 4. The van der Waals surface area contributed by atoms with Crippen LogP contribution in [0.4, 0.5) is 0 Å². The lowest BCUT2D eigenvalue weighted by Crippen LogP contribution is -2.57. The average Bonchev–Trinajstić information content (AvgIpc) is 2.71. The summed E-state index contributed by atoms with van der Waals surface area (Å²) < 4.78 is 0. The third kappa shape index (κ3) is 13.1. The molecule has 0 aromatic heterocycles. The fraction of sp³-hybridized carbons (Fsp3) is 0.556. The van der Waals surface area contributed by atoms with Crippen molar-refractivity contribution in [3.05, 3.63) is 0 Å². The molecule has 17 heteroatoms. The predicted molar refractivity (Wildman–Crippen MR) is 111 cm³/mol. The predicted octanol–water partition coefficient (Wildman–Crippen LogP) is -4.07. The zero-order valence-corrected chi connectivity index (χ0v) is 18.3. The van der Waals surface area contributed by atoms with Crippen molar-refractivity contribution in [3.63, 3.8) is 0 Å². The molecule has 0 saturated heterocycles. The molecular formula is C18H27N5O12. The van der Waals surface area contributed by atoms with Crippen LogP contribution in [0, 0.1) is 0 Å². The summed E-state index contributed by atoms with van der Waals surface area (Å²) in [5, 5.41) is 41.7.